The Kier molecular flexibility index (Phi) is 13.2. The van der Waals surface area contributed by atoms with Crippen molar-refractivity contribution in [3.8, 4) is 5.75 Å². The second kappa shape index (κ2) is 15.8. The number of benzene rings is 2. The first-order chi connectivity index (χ1) is 17.1. The van der Waals surface area contributed by atoms with Crippen LogP contribution in [0.5, 0.6) is 5.75 Å². The zero-order chi connectivity index (χ0) is 26.4. The smallest absolute Gasteiger partial charge is 0.490 e. The molecule has 9 heteroatoms. The van der Waals surface area contributed by atoms with Gasteiger partial charge in [0.05, 0.1) is 6.61 Å². The summed E-state index contributed by atoms with van der Waals surface area (Å²) in [5.41, 5.74) is 1.38. The van der Waals surface area contributed by atoms with E-state index in [-0.39, 0.29) is 0 Å². The zero-order valence-electron chi connectivity index (χ0n) is 21.0. The lowest BCUT2D eigenvalue weighted by atomic mass is 10.1. The maximum absolute atomic E-state index is 10.6. The molecule has 2 aromatic rings. The molecular formula is C27H37F3N2O3S. The number of piperidine rings is 1. The first kappa shape index (κ1) is 30.0. The average molecular weight is 527 g/mol. The number of thioether (sulfide) groups is 1. The Balaban J connectivity index is 0.000000572. The highest BCUT2D eigenvalue weighted by Gasteiger charge is 2.38. The summed E-state index contributed by atoms with van der Waals surface area (Å²) < 4.78 is 37.7. The molecule has 0 bridgehead atoms. The molecule has 1 atom stereocenters. The van der Waals surface area contributed by atoms with E-state index in [1.165, 1.54) is 49.4 Å². The Morgan fingerprint density at radius 2 is 1.67 bits per heavy atom. The third-order valence-corrected chi connectivity index (χ3v) is 7.03. The molecule has 0 spiro atoms. The third kappa shape index (κ3) is 12.1. The van der Waals surface area contributed by atoms with E-state index in [1.807, 2.05) is 11.8 Å². The molecule has 200 valence electrons. The van der Waals surface area contributed by atoms with Crippen LogP contribution in [0.15, 0.2) is 59.5 Å². The summed E-state index contributed by atoms with van der Waals surface area (Å²) >= 11 is 1.95. The molecule has 0 amide bonds. The highest BCUT2D eigenvalue weighted by Crippen LogP contribution is 2.38. The van der Waals surface area contributed by atoms with Crippen molar-refractivity contribution >= 4 is 17.7 Å². The summed E-state index contributed by atoms with van der Waals surface area (Å²) in [7, 11) is 4.29. The highest BCUT2D eigenvalue weighted by atomic mass is 32.2. The first-order valence-corrected chi connectivity index (χ1v) is 13.1. The van der Waals surface area contributed by atoms with E-state index < -0.39 is 12.1 Å². The van der Waals surface area contributed by atoms with E-state index in [4.69, 9.17) is 14.6 Å². The van der Waals surface area contributed by atoms with Crippen LogP contribution in [0.4, 0.5) is 13.2 Å². The molecule has 0 radical (unpaired) electrons. The summed E-state index contributed by atoms with van der Waals surface area (Å²) in [5, 5.41) is 7.58. The number of carboxylic acids is 1. The Bertz CT molecular complexity index is 874. The van der Waals surface area contributed by atoms with Gasteiger partial charge in [0.1, 0.15) is 5.75 Å². The topological polar surface area (TPSA) is 53.0 Å². The van der Waals surface area contributed by atoms with Gasteiger partial charge in [-0.2, -0.15) is 13.2 Å². The van der Waals surface area contributed by atoms with Gasteiger partial charge in [0.15, 0.2) is 0 Å². The molecule has 0 aliphatic carbocycles. The number of alkyl halides is 3. The van der Waals surface area contributed by atoms with Gasteiger partial charge in [0, 0.05) is 16.7 Å². The summed E-state index contributed by atoms with van der Waals surface area (Å²) in [4.78, 5) is 15.1. The molecule has 1 unspecified atom stereocenters. The summed E-state index contributed by atoms with van der Waals surface area (Å²) in [6.07, 6.45) is 1.27. The molecule has 1 fully saturated rings. The van der Waals surface area contributed by atoms with Gasteiger partial charge in [0.25, 0.3) is 0 Å². The van der Waals surface area contributed by atoms with E-state index >= 15 is 0 Å². The van der Waals surface area contributed by atoms with Crippen molar-refractivity contribution in [3.05, 3.63) is 60.2 Å². The third-order valence-electron chi connectivity index (χ3n) is 5.69. The number of nitrogens with zero attached hydrogens (tertiary/aromatic N) is 2. The van der Waals surface area contributed by atoms with E-state index in [0.29, 0.717) is 5.25 Å². The van der Waals surface area contributed by atoms with E-state index in [1.54, 1.807) is 0 Å². The molecule has 0 aromatic heterocycles. The van der Waals surface area contributed by atoms with Crippen molar-refractivity contribution in [3.63, 3.8) is 0 Å². The predicted octanol–water partition coefficient (Wildman–Crippen LogP) is 6.36. The molecule has 1 aliphatic rings. The lowest BCUT2D eigenvalue weighted by molar-refractivity contribution is -0.192. The van der Waals surface area contributed by atoms with E-state index in [0.717, 1.165) is 31.7 Å². The largest absolute Gasteiger partial charge is 0.494 e. The number of likely N-dealkylation sites (tertiary alicyclic amines) is 1. The quantitative estimate of drug-likeness (QED) is 0.272. The van der Waals surface area contributed by atoms with E-state index in [2.05, 4.69) is 78.5 Å². The molecule has 5 nitrogen and oxygen atoms in total. The number of halogens is 3. The maximum Gasteiger partial charge on any atom is 0.490 e. The van der Waals surface area contributed by atoms with Gasteiger partial charge in [-0.15, -0.1) is 11.8 Å². The highest BCUT2D eigenvalue weighted by molar-refractivity contribution is 7.99. The number of aliphatic carboxylic acids is 1. The molecular weight excluding hydrogens is 489 g/mol. The first-order valence-electron chi connectivity index (χ1n) is 12.3. The molecule has 3 rings (SSSR count). The fraction of sp³-hybridized carbons (Fsp3) is 0.519. The van der Waals surface area contributed by atoms with Gasteiger partial charge in [-0.1, -0.05) is 36.8 Å². The fourth-order valence-corrected chi connectivity index (χ4v) is 4.93. The Morgan fingerprint density at radius 1 is 1.06 bits per heavy atom. The zero-order valence-corrected chi connectivity index (χ0v) is 21.9. The van der Waals surface area contributed by atoms with Crippen LogP contribution in [-0.4, -0.2) is 73.9 Å². The maximum atomic E-state index is 10.6. The van der Waals surface area contributed by atoms with Crippen molar-refractivity contribution in [2.75, 3.05) is 46.9 Å². The van der Waals surface area contributed by atoms with Crippen LogP contribution in [0.1, 0.15) is 42.9 Å². The van der Waals surface area contributed by atoms with Crippen LogP contribution in [0.2, 0.25) is 0 Å². The van der Waals surface area contributed by atoms with Crippen LogP contribution < -0.4 is 4.74 Å². The molecule has 2 aromatic carbocycles. The Hall–Kier alpha value is -2.23. The van der Waals surface area contributed by atoms with Crippen LogP contribution in [0, 0.1) is 0 Å². The summed E-state index contributed by atoms with van der Waals surface area (Å²) in [5.74, 6) is -1.77. The normalized spacial score (nSPS) is 15.2. The van der Waals surface area contributed by atoms with Crippen molar-refractivity contribution in [1.29, 1.82) is 0 Å². The van der Waals surface area contributed by atoms with Crippen LogP contribution >= 0.6 is 11.8 Å². The minimum Gasteiger partial charge on any atom is -0.494 e. The fourth-order valence-electron chi connectivity index (χ4n) is 3.77. The SMILES string of the molecule is CN(C)CCC(Sc1ccccc1)c1ccc(OCCCN2CCCCC2)cc1.O=C(O)C(F)(F)F. The van der Waals surface area contributed by atoms with E-state index in [9.17, 15) is 13.2 Å². The van der Waals surface area contributed by atoms with Crippen LogP contribution in [-0.2, 0) is 4.79 Å². The minimum atomic E-state index is -5.08. The molecule has 36 heavy (non-hydrogen) atoms. The Labute approximate surface area is 216 Å². The molecule has 1 N–H and O–H groups in total. The number of carbonyl (C=O) groups is 1. The van der Waals surface area contributed by atoms with Crippen molar-refractivity contribution < 1.29 is 27.8 Å². The van der Waals surface area contributed by atoms with Crippen LogP contribution in [0.3, 0.4) is 0 Å². The summed E-state index contributed by atoms with van der Waals surface area (Å²) in [6, 6.07) is 19.5. The summed E-state index contributed by atoms with van der Waals surface area (Å²) in [6.45, 7) is 5.58. The second-order valence-electron chi connectivity index (χ2n) is 8.99. The predicted molar refractivity (Wildman–Crippen MR) is 139 cm³/mol. The lowest BCUT2D eigenvalue weighted by Crippen LogP contribution is -2.31. The van der Waals surface area contributed by atoms with Gasteiger partial charge >= 0.3 is 12.1 Å². The molecule has 1 heterocycles. The molecule has 1 aliphatic heterocycles. The van der Waals surface area contributed by atoms with Gasteiger partial charge < -0.3 is 19.6 Å². The lowest BCUT2D eigenvalue weighted by Gasteiger charge is -2.26. The molecule has 0 saturated carbocycles. The second-order valence-corrected chi connectivity index (χ2v) is 10.3. The molecule has 1 saturated heterocycles. The van der Waals surface area contributed by atoms with Crippen LogP contribution in [0.25, 0.3) is 0 Å². The van der Waals surface area contributed by atoms with Crippen molar-refractivity contribution in [1.82, 2.24) is 9.80 Å². The van der Waals surface area contributed by atoms with Crippen molar-refractivity contribution in [2.45, 2.75) is 48.4 Å². The van der Waals surface area contributed by atoms with Gasteiger partial charge in [0.2, 0.25) is 0 Å². The Morgan fingerprint density at radius 3 is 2.22 bits per heavy atom. The number of rotatable bonds is 11. The van der Waals surface area contributed by atoms with Crippen molar-refractivity contribution in [2.24, 2.45) is 0 Å². The van der Waals surface area contributed by atoms with Gasteiger partial charge in [-0.25, -0.2) is 4.79 Å². The number of hydrogen-bond acceptors (Lipinski definition) is 5. The number of hydrogen-bond donors (Lipinski definition) is 1. The monoisotopic (exact) mass is 526 g/mol. The van der Waals surface area contributed by atoms with Gasteiger partial charge in [-0.05, 0) is 89.2 Å². The average Bonchev–Trinajstić information content (AvgIpc) is 2.86. The van der Waals surface area contributed by atoms with Gasteiger partial charge in [-0.3, -0.25) is 0 Å². The standard InChI is InChI=1S/C25H36N2OS.C2HF3O2/c1-26(2)20-16-25(29-24-10-5-3-6-11-24)22-12-14-23(15-13-22)28-21-9-19-27-17-7-4-8-18-27;3-2(4,5)1(6)7/h3,5-6,10-15,25H,4,7-9,16-21H2,1-2H3;(H,6,7). The number of ether oxygens (including phenoxy) is 1. The minimum absolute atomic E-state index is 0.452. The number of carboxylic acid groups (broad SMARTS) is 1.